The Labute approximate surface area is 117 Å². The van der Waals surface area contributed by atoms with E-state index in [4.69, 9.17) is 0 Å². The fourth-order valence-electron chi connectivity index (χ4n) is 2.36. The van der Waals surface area contributed by atoms with E-state index in [2.05, 4.69) is 15.1 Å². The molecular weight excluding hydrogens is 252 g/mol. The van der Waals surface area contributed by atoms with Gasteiger partial charge >= 0.3 is 5.96 Å². The van der Waals surface area contributed by atoms with Gasteiger partial charge in [-0.2, -0.15) is 5.10 Å². The minimum Gasteiger partial charge on any atom is -0.360 e. The van der Waals surface area contributed by atoms with Crippen LogP contribution in [0.1, 0.15) is 0 Å². The Morgan fingerprint density at radius 3 is 2.70 bits per heavy atom. The number of aryl methyl sites for hydroxylation is 1. The zero-order valence-corrected chi connectivity index (χ0v) is 12.1. The first-order chi connectivity index (χ1) is 9.58. The number of rotatable bonds is 2. The summed E-state index contributed by atoms with van der Waals surface area (Å²) in [6, 6.07) is 8.01. The smallest absolute Gasteiger partial charge is 0.360 e. The third-order valence-electron chi connectivity index (χ3n) is 3.30. The summed E-state index contributed by atoms with van der Waals surface area (Å²) < 4.78 is 3.79. The number of aliphatic imine (C=N–C) groups is 1. The Bertz CT molecular complexity index is 812. The van der Waals surface area contributed by atoms with E-state index in [0.717, 1.165) is 22.2 Å². The summed E-state index contributed by atoms with van der Waals surface area (Å²) in [5, 5.41) is 6.28. The van der Waals surface area contributed by atoms with Gasteiger partial charge in [0.25, 0.3) is 0 Å². The number of anilines is 1. The fraction of sp³-hybridized carbons (Fsp3) is 0.286. The molecule has 6 heteroatoms. The minimum absolute atomic E-state index is 0.683. The Morgan fingerprint density at radius 2 is 2.00 bits per heavy atom. The molecule has 1 aliphatic heterocycles. The van der Waals surface area contributed by atoms with Crippen LogP contribution in [-0.4, -0.2) is 36.9 Å². The van der Waals surface area contributed by atoms with E-state index in [1.54, 1.807) is 6.20 Å². The lowest BCUT2D eigenvalue weighted by Gasteiger charge is -2.11. The monoisotopic (exact) mass is 269 g/mol. The van der Waals surface area contributed by atoms with Crippen LogP contribution in [0, 0.1) is 0 Å². The van der Waals surface area contributed by atoms with Crippen molar-refractivity contribution < 1.29 is 0 Å². The number of nitrogens with zero attached hydrogens (tertiary/aromatic N) is 6. The average molecular weight is 269 g/mol. The standard InChI is InChI=1S/C14H17N6/c1-18(2)13-11(9-15-20(13)4)17-14-16-10-7-5-6-8-12(10)19(14)3/h5-9H,1-4H3/q+1. The largest absolute Gasteiger partial charge is 0.434 e. The number of guanidine groups is 1. The van der Waals surface area contributed by atoms with Gasteiger partial charge in [-0.05, 0) is 12.1 Å². The molecule has 0 radical (unpaired) electrons. The van der Waals surface area contributed by atoms with Crippen molar-refractivity contribution >= 4 is 17.5 Å². The first kappa shape index (κ1) is 12.5. The number of hydrogen-bond acceptors (Lipinski definition) is 3. The van der Waals surface area contributed by atoms with E-state index < -0.39 is 0 Å². The number of fused-ring (bicyclic) bond motifs is 1. The van der Waals surface area contributed by atoms with Crippen molar-refractivity contribution in [1.82, 2.24) is 14.4 Å². The van der Waals surface area contributed by atoms with Crippen molar-refractivity contribution in [3.63, 3.8) is 0 Å². The van der Waals surface area contributed by atoms with E-state index in [9.17, 15) is 0 Å². The van der Waals surface area contributed by atoms with Crippen LogP contribution < -0.4 is 20.2 Å². The number of hydrogen-bond donors (Lipinski definition) is 0. The van der Waals surface area contributed by atoms with Gasteiger partial charge in [-0.25, -0.2) is 9.26 Å². The van der Waals surface area contributed by atoms with Crippen molar-refractivity contribution in [2.75, 3.05) is 26.0 Å². The Hall–Kier alpha value is -2.50. The van der Waals surface area contributed by atoms with Gasteiger partial charge < -0.3 is 4.90 Å². The molecule has 0 aliphatic carbocycles. The SMILES string of the molecule is CN(C)c1c(N=C2N=c3ccccc3=[N+]2C)cnn1C. The van der Waals surface area contributed by atoms with Crippen LogP contribution in [0.5, 0.6) is 0 Å². The highest BCUT2D eigenvalue weighted by molar-refractivity contribution is 5.87. The molecule has 2 aromatic rings. The molecule has 0 spiro atoms. The topological polar surface area (TPSA) is 48.8 Å². The first-order valence-electron chi connectivity index (χ1n) is 6.40. The molecule has 6 nitrogen and oxygen atoms in total. The van der Waals surface area contributed by atoms with Crippen molar-refractivity contribution in [2.24, 2.45) is 17.0 Å². The van der Waals surface area contributed by atoms with E-state index >= 15 is 0 Å². The predicted octanol–water partition coefficient (Wildman–Crippen LogP) is -0.0721. The summed E-state index contributed by atoms with van der Waals surface area (Å²) in [6.07, 6.45) is 1.76. The van der Waals surface area contributed by atoms with E-state index in [1.807, 2.05) is 66.6 Å². The molecule has 1 aromatic carbocycles. The van der Waals surface area contributed by atoms with Gasteiger partial charge in [-0.3, -0.25) is 0 Å². The van der Waals surface area contributed by atoms with Gasteiger partial charge in [0, 0.05) is 21.1 Å². The Kier molecular flexibility index (Phi) is 2.85. The van der Waals surface area contributed by atoms with Gasteiger partial charge in [0.05, 0.1) is 13.2 Å². The lowest BCUT2D eigenvalue weighted by Crippen LogP contribution is -2.32. The summed E-state index contributed by atoms with van der Waals surface area (Å²) >= 11 is 0. The fourth-order valence-corrected chi connectivity index (χ4v) is 2.36. The summed E-state index contributed by atoms with van der Waals surface area (Å²) in [7, 11) is 7.83. The lowest BCUT2D eigenvalue weighted by molar-refractivity contribution is 0.754. The average Bonchev–Trinajstić information content (AvgIpc) is 2.93. The molecule has 0 unspecified atom stereocenters. The van der Waals surface area contributed by atoms with Crippen LogP contribution >= 0.6 is 0 Å². The molecule has 0 saturated carbocycles. The highest BCUT2D eigenvalue weighted by Gasteiger charge is 2.21. The van der Waals surface area contributed by atoms with Crippen LogP contribution in [0.25, 0.3) is 0 Å². The zero-order chi connectivity index (χ0) is 14.3. The van der Waals surface area contributed by atoms with Gasteiger partial charge in [0.1, 0.15) is 5.36 Å². The number of para-hydroxylation sites is 2. The zero-order valence-electron chi connectivity index (χ0n) is 12.1. The van der Waals surface area contributed by atoms with Crippen LogP contribution in [0.2, 0.25) is 0 Å². The number of benzene rings is 1. The summed E-state index contributed by atoms with van der Waals surface area (Å²) in [5.74, 6) is 1.64. The van der Waals surface area contributed by atoms with E-state index in [0.29, 0.717) is 5.96 Å². The molecule has 1 aromatic heterocycles. The van der Waals surface area contributed by atoms with Crippen LogP contribution in [0.4, 0.5) is 11.5 Å². The molecule has 20 heavy (non-hydrogen) atoms. The molecule has 102 valence electrons. The molecular formula is C14H17N6+. The summed E-state index contributed by atoms with van der Waals surface area (Å²) in [4.78, 5) is 11.2. The molecule has 3 rings (SSSR count). The Morgan fingerprint density at radius 1 is 1.25 bits per heavy atom. The van der Waals surface area contributed by atoms with E-state index in [1.165, 1.54) is 0 Å². The van der Waals surface area contributed by atoms with Crippen LogP contribution in [0.15, 0.2) is 40.4 Å². The molecule has 1 aliphatic rings. The highest BCUT2D eigenvalue weighted by Crippen LogP contribution is 2.26. The van der Waals surface area contributed by atoms with Gasteiger partial charge in [-0.1, -0.05) is 22.1 Å². The van der Waals surface area contributed by atoms with Gasteiger partial charge in [0.2, 0.25) is 5.69 Å². The van der Waals surface area contributed by atoms with Crippen molar-refractivity contribution in [3.8, 4) is 0 Å². The summed E-state index contributed by atoms with van der Waals surface area (Å²) in [5.41, 5.74) is 0.816. The minimum atomic E-state index is 0.683. The normalized spacial score (nSPS) is 15.4. The molecule has 0 fully saturated rings. The highest BCUT2D eigenvalue weighted by atomic mass is 15.4. The van der Waals surface area contributed by atoms with Crippen molar-refractivity contribution in [2.45, 2.75) is 0 Å². The molecule has 0 saturated heterocycles. The molecule has 0 amide bonds. The second kappa shape index (κ2) is 4.56. The second-order valence-electron chi connectivity index (χ2n) is 4.94. The van der Waals surface area contributed by atoms with Crippen LogP contribution in [0.3, 0.4) is 0 Å². The quantitative estimate of drug-likeness (QED) is 0.717. The van der Waals surface area contributed by atoms with Crippen LogP contribution in [-0.2, 0) is 7.05 Å². The molecule has 0 bridgehead atoms. The second-order valence-corrected chi connectivity index (χ2v) is 4.94. The first-order valence-corrected chi connectivity index (χ1v) is 6.40. The van der Waals surface area contributed by atoms with Crippen molar-refractivity contribution in [3.05, 3.63) is 41.2 Å². The maximum absolute atomic E-state index is 4.65. The third kappa shape index (κ3) is 1.89. The van der Waals surface area contributed by atoms with Gasteiger partial charge in [-0.15, -0.1) is 0 Å². The van der Waals surface area contributed by atoms with Crippen molar-refractivity contribution in [1.29, 1.82) is 0 Å². The molecule has 0 N–H and O–H groups in total. The van der Waals surface area contributed by atoms with E-state index in [-0.39, 0.29) is 0 Å². The number of aromatic nitrogens is 2. The summed E-state index contributed by atoms with van der Waals surface area (Å²) in [6.45, 7) is 0. The Balaban J connectivity index is 2.15. The predicted molar refractivity (Wildman–Crippen MR) is 79.0 cm³/mol. The third-order valence-corrected chi connectivity index (χ3v) is 3.30. The van der Waals surface area contributed by atoms with Gasteiger partial charge in [0.15, 0.2) is 11.2 Å². The maximum Gasteiger partial charge on any atom is 0.434 e. The molecule has 0 atom stereocenters. The maximum atomic E-state index is 4.65. The lowest BCUT2D eigenvalue weighted by atomic mass is 10.3. The molecule has 2 heterocycles.